The van der Waals surface area contributed by atoms with Gasteiger partial charge < -0.3 is 4.74 Å². The summed E-state index contributed by atoms with van der Waals surface area (Å²) < 4.78 is 21.9. The maximum Gasteiger partial charge on any atom is 0.331 e. The van der Waals surface area contributed by atoms with Crippen LogP contribution in [0.5, 0.6) is 5.75 Å². The van der Waals surface area contributed by atoms with Crippen LogP contribution in [0.2, 0.25) is 0 Å². The molecule has 2 aromatic carbocycles. The van der Waals surface area contributed by atoms with Crippen LogP contribution in [0.15, 0.2) is 69.6 Å². The third kappa shape index (κ3) is 3.73. The number of fused-ring (bicyclic) bond motifs is 1. The molecule has 2 aromatic heterocycles. The smallest absolute Gasteiger partial charge is 0.331 e. The van der Waals surface area contributed by atoms with Crippen LogP contribution in [0, 0.1) is 5.82 Å². The summed E-state index contributed by atoms with van der Waals surface area (Å²) >= 11 is 1.59. The Kier molecular flexibility index (Phi) is 5.31. The Bertz CT molecular complexity index is 1280. The molecule has 0 bridgehead atoms. The number of methoxy groups -OCH3 is 1. The average Bonchev–Trinajstić information content (AvgIpc) is 3.25. The van der Waals surface area contributed by atoms with Crippen molar-refractivity contribution in [3.63, 3.8) is 0 Å². The van der Waals surface area contributed by atoms with E-state index in [-0.39, 0.29) is 17.9 Å². The maximum atomic E-state index is 14.1. The number of benzene rings is 2. The molecule has 0 aliphatic rings. The van der Waals surface area contributed by atoms with E-state index in [4.69, 9.17) is 4.74 Å². The van der Waals surface area contributed by atoms with E-state index in [9.17, 15) is 14.0 Å². The number of hydrogen-bond acceptors (Lipinski definition) is 4. The predicted molar refractivity (Wildman–Crippen MR) is 113 cm³/mol. The largest absolute Gasteiger partial charge is 0.494 e. The van der Waals surface area contributed by atoms with Crippen molar-refractivity contribution in [2.24, 2.45) is 0 Å². The van der Waals surface area contributed by atoms with Gasteiger partial charge in [0, 0.05) is 11.4 Å². The topological polar surface area (TPSA) is 53.2 Å². The normalized spacial score (nSPS) is 11.1. The van der Waals surface area contributed by atoms with Crippen LogP contribution in [0.25, 0.3) is 10.9 Å². The number of hydrogen-bond donors (Lipinski definition) is 0. The van der Waals surface area contributed by atoms with Crippen LogP contribution >= 0.6 is 11.3 Å². The SMILES string of the molecule is COc1ccc(Cn2c(=O)n(CCc3cccs3)c(=O)c3ccccc32)cc1F. The lowest BCUT2D eigenvalue weighted by atomic mass is 10.2. The molecule has 0 aliphatic carbocycles. The molecule has 0 atom stereocenters. The second-order valence-corrected chi connectivity index (χ2v) is 7.67. The van der Waals surface area contributed by atoms with Crippen molar-refractivity contribution in [2.45, 2.75) is 19.5 Å². The van der Waals surface area contributed by atoms with Gasteiger partial charge in [-0.25, -0.2) is 9.18 Å². The van der Waals surface area contributed by atoms with Gasteiger partial charge >= 0.3 is 5.69 Å². The molecule has 5 nitrogen and oxygen atoms in total. The van der Waals surface area contributed by atoms with Crippen molar-refractivity contribution in [3.8, 4) is 5.75 Å². The lowest BCUT2D eigenvalue weighted by Gasteiger charge is -2.14. The number of ether oxygens (including phenoxy) is 1. The average molecular weight is 410 g/mol. The molecular formula is C22H19FN2O3S. The highest BCUT2D eigenvalue weighted by molar-refractivity contribution is 7.09. The monoisotopic (exact) mass is 410 g/mol. The van der Waals surface area contributed by atoms with Gasteiger partial charge in [-0.05, 0) is 47.7 Å². The molecule has 0 N–H and O–H groups in total. The first-order valence-electron chi connectivity index (χ1n) is 9.15. The molecule has 0 unspecified atom stereocenters. The van der Waals surface area contributed by atoms with Gasteiger partial charge in [0.15, 0.2) is 11.6 Å². The highest BCUT2D eigenvalue weighted by Gasteiger charge is 2.14. The van der Waals surface area contributed by atoms with Crippen molar-refractivity contribution in [1.29, 1.82) is 0 Å². The zero-order valence-corrected chi connectivity index (χ0v) is 16.6. The summed E-state index contributed by atoms with van der Waals surface area (Å²) in [4.78, 5) is 27.2. The maximum absolute atomic E-state index is 14.1. The molecule has 0 radical (unpaired) electrons. The van der Waals surface area contributed by atoms with Gasteiger partial charge in [-0.1, -0.05) is 24.3 Å². The molecule has 4 rings (SSSR count). The summed E-state index contributed by atoms with van der Waals surface area (Å²) in [6.07, 6.45) is 0.600. The minimum atomic E-state index is -0.492. The van der Waals surface area contributed by atoms with E-state index >= 15 is 0 Å². The molecule has 0 aliphatic heterocycles. The van der Waals surface area contributed by atoms with Gasteiger partial charge in [0.1, 0.15) is 0 Å². The number of para-hydroxylation sites is 1. The molecule has 7 heteroatoms. The highest BCUT2D eigenvalue weighted by Crippen LogP contribution is 2.19. The van der Waals surface area contributed by atoms with Gasteiger partial charge in [-0.2, -0.15) is 0 Å². The molecular weight excluding hydrogens is 391 g/mol. The second kappa shape index (κ2) is 8.05. The van der Waals surface area contributed by atoms with Crippen LogP contribution in [-0.2, 0) is 19.5 Å². The molecule has 4 aromatic rings. The van der Waals surface area contributed by atoms with Crippen LogP contribution in [0.1, 0.15) is 10.4 Å². The van der Waals surface area contributed by atoms with Crippen molar-refractivity contribution >= 4 is 22.2 Å². The first-order chi connectivity index (χ1) is 14.1. The minimum Gasteiger partial charge on any atom is -0.494 e. The van der Waals surface area contributed by atoms with Gasteiger partial charge in [0.2, 0.25) is 0 Å². The number of aryl methyl sites for hydroxylation is 1. The molecule has 29 heavy (non-hydrogen) atoms. The van der Waals surface area contributed by atoms with Crippen molar-refractivity contribution in [2.75, 3.05) is 7.11 Å². The summed E-state index contributed by atoms with van der Waals surface area (Å²) in [5.74, 6) is -0.347. The van der Waals surface area contributed by atoms with Gasteiger partial charge in [-0.15, -0.1) is 11.3 Å². The fourth-order valence-corrected chi connectivity index (χ4v) is 4.09. The van der Waals surface area contributed by atoms with Crippen molar-refractivity contribution in [1.82, 2.24) is 9.13 Å². The summed E-state index contributed by atoms with van der Waals surface area (Å²) in [6.45, 7) is 0.444. The van der Waals surface area contributed by atoms with Crippen LogP contribution in [0.3, 0.4) is 0 Å². The van der Waals surface area contributed by atoms with Gasteiger partial charge in [0.25, 0.3) is 5.56 Å². The summed E-state index contributed by atoms with van der Waals surface area (Å²) in [6, 6.07) is 15.5. The Morgan fingerprint density at radius 3 is 2.59 bits per heavy atom. The summed E-state index contributed by atoms with van der Waals surface area (Å²) in [5, 5.41) is 2.43. The van der Waals surface area contributed by atoms with E-state index in [1.54, 1.807) is 41.7 Å². The Morgan fingerprint density at radius 1 is 1.03 bits per heavy atom. The van der Waals surface area contributed by atoms with E-state index in [1.807, 2.05) is 17.5 Å². The van der Waals surface area contributed by atoms with E-state index < -0.39 is 11.5 Å². The minimum absolute atomic E-state index is 0.145. The third-order valence-electron chi connectivity index (χ3n) is 4.85. The lowest BCUT2D eigenvalue weighted by molar-refractivity contribution is 0.386. The highest BCUT2D eigenvalue weighted by atomic mass is 32.1. The second-order valence-electron chi connectivity index (χ2n) is 6.64. The Hall–Kier alpha value is -3.19. The number of aromatic nitrogens is 2. The number of rotatable bonds is 6. The van der Waals surface area contributed by atoms with E-state index in [0.717, 1.165) is 4.88 Å². The fourth-order valence-electron chi connectivity index (χ4n) is 3.39. The molecule has 2 heterocycles. The van der Waals surface area contributed by atoms with Crippen LogP contribution in [0.4, 0.5) is 4.39 Å². The predicted octanol–water partition coefficient (Wildman–Crippen LogP) is 3.66. The Labute approximate surface area is 170 Å². The molecule has 0 saturated carbocycles. The molecule has 0 saturated heterocycles. The quantitative estimate of drug-likeness (QED) is 0.487. The molecule has 0 fully saturated rings. The first kappa shape index (κ1) is 19.1. The number of halogens is 1. The van der Waals surface area contributed by atoms with Crippen molar-refractivity contribution < 1.29 is 9.13 Å². The van der Waals surface area contributed by atoms with E-state index in [1.165, 1.54) is 28.4 Å². The third-order valence-corrected chi connectivity index (χ3v) is 5.79. The number of nitrogens with zero attached hydrogens (tertiary/aromatic N) is 2. The van der Waals surface area contributed by atoms with Gasteiger partial charge in [-0.3, -0.25) is 13.9 Å². The zero-order valence-electron chi connectivity index (χ0n) is 15.8. The standard InChI is InChI=1S/C22H19FN2O3S/c1-28-20-9-8-15(13-18(20)23)14-25-19-7-3-2-6-17(19)21(26)24(22(25)27)11-10-16-5-4-12-29-16/h2-9,12-13H,10-11,14H2,1H3. The Balaban J connectivity index is 1.80. The van der Waals surface area contributed by atoms with Crippen LogP contribution < -0.4 is 16.0 Å². The van der Waals surface area contributed by atoms with E-state index in [0.29, 0.717) is 29.4 Å². The van der Waals surface area contributed by atoms with Gasteiger partial charge in [0.05, 0.1) is 24.6 Å². The molecule has 0 amide bonds. The summed E-state index contributed by atoms with van der Waals surface area (Å²) in [7, 11) is 1.40. The number of thiophene rings is 1. The zero-order chi connectivity index (χ0) is 20.4. The van der Waals surface area contributed by atoms with E-state index in [2.05, 4.69) is 0 Å². The molecule has 148 valence electrons. The summed E-state index contributed by atoms with van der Waals surface area (Å²) in [5.41, 5.74) is 0.436. The van der Waals surface area contributed by atoms with Crippen LogP contribution in [-0.4, -0.2) is 16.2 Å². The lowest BCUT2D eigenvalue weighted by Crippen LogP contribution is -2.40. The molecule has 0 spiro atoms. The van der Waals surface area contributed by atoms with Crippen molar-refractivity contribution in [3.05, 3.63) is 97.1 Å². The first-order valence-corrected chi connectivity index (χ1v) is 10.0. The Morgan fingerprint density at radius 2 is 1.86 bits per heavy atom. The fraction of sp³-hybridized carbons (Fsp3) is 0.182.